The summed E-state index contributed by atoms with van der Waals surface area (Å²) in [6.45, 7) is 4.84. The molecule has 8 heteroatoms. The normalized spacial score (nSPS) is 23.9. The number of aromatic nitrogens is 5. The Bertz CT molecular complexity index is 1160. The van der Waals surface area contributed by atoms with Crippen molar-refractivity contribution in [3.05, 3.63) is 48.2 Å². The minimum Gasteiger partial charge on any atom is -0.351 e. The minimum atomic E-state index is 0.256. The molecular formula is C22H24N8. The van der Waals surface area contributed by atoms with Crippen LogP contribution in [0.5, 0.6) is 0 Å². The molecular weight excluding hydrogens is 376 g/mol. The van der Waals surface area contributed by atoms with Gasteiger partial charge in [-0.25, -0.2) is 15.0 Å². The second-order valence-corrected chi connectivity index (χ2v) is 8.26. The largest absolute Gasteiger partial charge is 0.351 e. The van der Waals surface area contributed by atoms with Gasteiger partial charge in [-0.1, -0.05) is 6.08 Å². The molecule has 8 nitrogen and oxygen atoms in total. The zero-order chi connectivity index (χ0) is 20.1. The molecule has 1 N–H and O–H groups in total. The fraction of sp³-hybridized carbons (Fsp3) is 0.409. The lowest BCUT2D eigenvalue weighted by Gasteiger charge is -2.41. The molecule has 2 atom stereocenters. The van der Waals surface area contributed by atoms with Crippen molar-refractivity contribution in [2.75, 3.05) is 24.5 Å². The maximum absolute atomic E-state index is 4.94. The van der Waals surface area contributed by atoms with Gasteiger partial charge in [0.15, 0.2) is 11.5 Å². The zero-order valence-corrected chi connectivity index (χ0v) is 16.9. The lowest BCUT2D eigenvalue weighted by atomic mass is 9.98. The van der Waals surface area contributed by atoms with Crippen LogP contribution in [-0.4, -0.2) is 62.3 Å². The molecule has 0 radical (unpaired) electrons. The van der Waals surface area contributed by atoms with Gasteiger partial charge in [0, 0.05) is 43.7 Å². The molecule has 3 aromatic rings. The molecule has 2 unspecified atom stereocenters. The number of nitrogens with one attached hydrogen (secondary N) is 1. The van der Waals surface area contributed by atoms with Crippen molar-refractivity contribution in [3.63, 3.8) is 0 Å². The van der Waals surface area contributed by atoms with Crippen LogP contribution in [0.3, 0.4) is 0 Å². The Morgan fingerprint density at radius 1 is 1.13 bits per heavy atom. The van der Waals surface area contributed by atoms with Gasteiger partial charge in [0.1, 0.15) is 11.5 Å². The molecule has 0 amide bonds. The molecule has 2 aliphatic heterocycles. The highest BCUT2D eigenvalue weighted by atomic mass is 15.3. The van der Waals surface area contributed by atoms with E-state index in [1.54, 1.807) is 0 Å². The molecule has 3 aliphatic rings. The number of nitrogens with zero attached hydrogens (tertiary/aromatic N) is 7. The summed E-state index contributed by atoms with van der Waals surface area (Å²) in [6.07, 6.45) is 14.3. The number of piperazine rings is 1. The summed E-state index contributed by atoms with van der Waals surface area (Å²) in [6, 6.07) is 2.52. The molecule has 2 fully saturated rings. The minimum absolute atomic E-state index is 0.256. The van der Waals surface area contributed by atoms with Gasteiger partial charge >= 0.3 is 0 Å². The number of aliphatic imine (C=N–C) groups is 1. The van der Waals surface area contributed by atoms with E-state index < -0.39 is 0 Å². The van der Waals surface area contributed by atoms with Gasteiger partial charge in [-0.05, 0) is 31.4 Å². The first-order valence-corrected chi connectivity index (χ1v) is 10.6. The smallest absolute Gasteiger partial charge is 0.180 e. The Balaban J connectivity index is 1.34. The van der Waals surface area contributed by atoms with E-state index in [4.69, 9.17) is 4.98 Å². The van der Waals surface area contributed by atoms with Crippen molar-refractivity contribution < 1.29 is 0 Å². The molecule has 0 aromatic carbocycles. The highest BCUT2D eigenvalue weighted by Crippen LogP contribution is 2.39. The predicted molar refractivity (Wildman–Crippen MR) is 116 cm³/mol. The van der Waals surface area contributed by atoms with Crippen molar-refractivity contribution >= 4 is 17.7 Å². The van der Waals surface area contributed by atoms with Crippen LogP contribution >= 0.6 is 0 Å². The fourth-order valence-electron chi connectivity index (χ4n) is 4.48. The molecule has 0 bridgehead atoms. The molecule has 1 aliphatic carbocycles. The van der Waals surface area contributed by atoms with E-state index in [1.165, 1.54) is 18.4 Å². The van der Waals surface area contributed by atoms with Gasteiger partial charge in [-0.3, -0.25) is 14.4 Å². The second-order valence-electron chi connectivity index (χ2n) is 8.26. The molecule has 30 heavy (non-hydrogen) atoms. The van der Waals surface area contributed by atoms with E-state index in [0.717, 1.165) is 42.5 Å². The van der Waals surface area contributed by atoms with Crippen LogP contribution in [-0.2, 0) is 0 Å². The van der Waals surface area contributed by atoms with Gasteiger partial charge in [0.05, 0.1) is 30.7 Å². The van der Waals surface area contributed by atoms with Crippen LogP contribution in [0, 0.1) is 0 Å². The average Bonchev–Trinajstić information content (AvgIpc) is 3.32. The number of imidazole rings is 1. The number of hydrogen-bond acceptors (Lipinski definition) is 7. The van der Waals surface area contributed by atoms with Crippen LogP contribution in [0.25, 0.3) is 17.2 Å². The van der Waals surface area contributed by atoms with Crippen LogP contribution < -0.4 is 10.2 Å². The zero-order valence-electron chi connectivity index (χ0n) is 16.9. The van der Waals surface area contributed by atoms with Gasteiger partial charge < -0.3 is 10.2 Å². The lowest BCUT2D eigenvalue weighted by Crippen LogP contribution is -2.57. The first-order valence-electron chi connectivity index (χ1n) is 10.6. The van der Waals surface area contributed by atoms with Crippen molar-refractivity contribution in [2.24, 2.45) is 4.99 Å². The SMILES string of the molecule is CC1C(C2=CCN=C2)NCCN1c1ccnc(-c2cnc3cnc(C4CC4)cn23)n1. The Hall–Kier alpha value is -3.13. The molecule has 152 valence electrons. The average molecular weight is 400 g/mol. The van der Waals surface area contributed by atoms with E-state index in [-0.39, 0.29) is 12.1 Å². The van der Waals surface area contributed by atoms with Crippen LogP contribution in [0.15, 0.2) is 47.5 Å². The molecule has 3 aromatic heterocycles. The van der Waals surface area contributed by atoms with Crippen LogP contribution in [0.2, 0.25) is 0 Å². The summed E-state index contributed by atoms with van der Waals surface area (Å²) >= 11 is 0. The highest BCUT2D eigenvalue weighted by molar-refractivity contribution is 5.83. The molecule has 6 rings (SSSR count). The summed E-state index contributed by atoms with van der Waals surface area (Å²) in [4.78, 5) is 25.3. The summed E-state index contributed by atoms with van der Waals surface area (Å²) in [5.41, 5.74) is 4.12. The van der Waals surface area contributed by atoms with E-state index in [9.17, 15) is 0 Å². The summed E-state index contributed by atoms with van der Waals surface area (Å²) in [7, 11) is 0. The first kappa shape index (κ1) is 17.7. The lowest BCUT2D eigenvalue weighted by molar-refractivity contribution is 0.425. The summed E-state index contributed by atoms with van der Waals surface area (Å²) in [5, 5.41) is 3.63. The first-order chi connectivity index (χ1) is 14.8. The quantitative estimate of drug-likeness (QED) is 0.723. The van der Waals surface area contributed by atoms with Crippen molar-refractivity contribution in [1.29, 1.82) is 0 Å². The van der Waals surface area contributed by atoms with Gasteiger partial charge in [-0.2, -0.15) is 0 Å². The molecule has 0 spiro atoms. The van der Waals surface area contributed by atoms with Gasteiger partial charge in [0.25, 0.3) is 0 Å². The number of fused-ring (bicyclic) bond motifs is 1. The van der Waals surface area contributed by atoms with Crippen molar-refractivity contribution in [1.82, 2.24) is 29.7 Å². The summed E-state index contributed by atoms with van der Waals surface area (Å²) in [5.74, 6) is 2.22. The maximum atomic E-state index is 4.94. The predicted octanol–water partition coefficient (Wildman–Crippen LogP) is 2.24. The standard InChI is InChI=1S/C22H24N8/c1-14-21(16-4-6-23-10-16)24-8-9-29(14)19-5-7-25-22(28-19)18-11-27-20-12-26-17(13-30(18)20)15-2-3-15/h4-5,7,10-15,21,24H,2-3,6,8-9H2,1H3. The van der Waals surface area contributed by atoms with E-state index in [1.807, 2.05) is 30.9 Å². The monoisotopic (exact) mass is 400 g/mol. The Morgan fingerprint density at radius 3 is 2.90 bits per heavy atom. The molecule has 5 heterocycles. The number of hydrogen-bond donors (Lipinski definition) is 1. The Labute approximate surface area is 174 Å². The second kappa shape index (κ2) is 6.98. The van der Waals surface area contributed by atoms with Crippen molar-refractivity contribution in [3.8, 4) is 11.5 Å². The van der Waals surface area contributed by atoms with Gasteiger partial charge in [-0.15, -0.1) is 0 Å². The van der Waals surface area contributed by atoms with Crippen molar-refractivity contribution in [2.45, 2.75) is 37.8 Å². The highest BCUT2D eigenvalue weighted by Gasteiger charge is 2.31. The van der Waals surface area contributed by atoms with Gasteiger partial charge in [0.2, 0.25) is 0 Å². The van der Waals surface area contributed by atoms with E-state index in [2.05, 4.69) is 53.8 Å². The van der Waals surface area contributed by atoms with Crippen LogP contribution in [0.1, 0.15) is 31.4 Å². The topological polar surface area (TPSA) is 83.6 Å². The van der Waals surface area contributed by atoms with Crippen LogP contribution in [0.4, 0.5) is 5.82 Å². The third-order valence-electron chi connectivity index (χ3n) is 6.30. The Morgan fingerprint density at radius 2 is 2.07 bits per heavy atom. The molecule has 1 saturated heterocycles. The summed E-state index contributed by atoms with van der Waals surface area (Å²) < 4.78 is 2.07. The van der Waals surface area contributed by atoms with E-state index >= 15 is 0 Å². The Kier molecular flexibility index (Phi) is 4.12. The third kappa shape index (κ3) is 2.99. The maximum Gasteiger partial charge on any atom is 0.180 e. The number of anilines is 1. The van der Waals surface area contributed by atoms with E-state index in [0.29, 0.717) is 11.7 Å². The molecule has 1 saturated carbocycles. The third-order valence-corrected chi connectivity index (χ3v) is 6.30. The fourth-order valence-corrected chi connectivity index (χ4v) is 4.48. The number of rotatable bonds is 4.